The van der Waals surface area contributed by atoms with Gasteiger partial charge in [0.05, 0.1) is 31.3 Å². The summed E-state index contributed by atoms with van der Waals surface area (Å²) in [6.45, 7) is 19.7. The van der Waals surface area contributed by atoms with E-state index in [0.717, 1.165) is 12.1 Å². The summed E-state index contributed by atoms with van der Waals surface area (Å²) in [4.78, 5) is 67.5. The Hall–Kier alpha value is -4.90. The first-order valence-corrected chi connectivity index (χ1v) is 15.6. The number of rotatable bonds is 3. The van der Waals surface area contributed by atoms with Crippen LogP contribution < -0.4 is 10.6 Å². The zero-order chi connectivity index (χ0) is 40.3. The summed E-state index contributed by atoms with van der Waals surface area (Å²) in [5.41, 5.74) is 1.78. The number of imide groups is 1. The van der Waals surface area contributed by atoms with Gasteiger partial charge in [0, 0.05) is 24.3 Å². The normalized spacial score (nSPS) is 11.3. The molecule has 0 aromatic heterocycles. The number of carbonyl (C=O) groups excluding carboxylic acids is 4. The lowest BCUT2D eigenvalue weighted by atomic mass is 10.2. The monoisotopic (exact) mass is 762 g/mol. The summed E-state index contributed by atoms with van der Waals surface area (Å²) in [5, 5.41) is 21.5. The van der Waals surface area contributed by atoms with Crippen LogP contribution in [0.25, 0.3) is 0 Å². The van der Waals surface area contributed by atoms with Crippen LogP contribution in [-0.4, -0.2) is 56.7 Å². The largest absolute Gasteiger partial charge is 0.519 e. The predicted octanol–water partition coefficient (Wildman–Crippen LogP) is 9.63. The second kappa shape index (κ2) is 18.4. The van der Waals surface area contributed by atoms with Gasteiger partial charge in [-0.2, -0.15) is 4.90 Å². The third-order valence-corrected chi connectivity index (χ3v) is 5.33. The molecule has 0 saturated carbocycles. The summed E-state index contributed by atoms with van der Waals surface area (Å²) in [5.74, 6) is 0. The Balaban J connectivity index is 0.000000813. The van der Waals surface area contributed by atoms with Crippen LogP contribution in [0.3, 0.4) is 0 Å². The Labute approximate surface area is 305 Å². The Morgan fingerprint density at radius 3 is 1.25 bits per heavy atom. The zero-order valence-electron chi connectivity index (χ0n) is 30.4. The van der Waals surface area contributed by atoms with Gasteiger partial charge in [0.25, 0.3) is 11.4 Å². The molecule has 0 radical (unpaired) electrons. The van der Waals surface area contributed by atoms with Crippen LogP contribution in [0.4, 0.5) is 41.9 Å². The third kappa shape index (κ3) is 19.8. The molecule has 2 N–H and O–H groups in total. The predicted molar refractivity (Wildman–Crippen MR) is 189 cm³/mol. The molecule has 0 saturated heterocycles. The quantitative estimate of drug-likeness (QED) is 0.0766. The lowest BCUT2D eigenvalue weighted by Crippen LogP contribution is -2.44. The standard InChI is InChI=1S/C16H21ClN2O6.C10H18O5.C6H5ClN2O2/c1-15(2,3)24-13(20)18(14(21)25-16(4,5)6)12-9-10(19(22)23)7-8-11(12)17;1-9(2,3)14-7(11)13-8(12)15-10(4,5)6;7-5-2-1-4(9(10)11)3-6(5)8/h7-9H,1-6H3;1-6H3;1-3H,8H2. The number of nitro groups is 2. The van der Waals surface area contributed by atoms with Crippen molar-refractivity contribution in [2.75, 3.05) is 10.6 Å². The average Bonchev–Trinajstić information content (AvgIpc) is 2.87. The average molecular weight is 764 g/mol. The minimum Gasteiger partial charge on any atom is -0.443 e. The first-order valence-electron chi connectivity index (χ1n) is 14.8. The highest BCUT2D eigenvalue weighted by atomic mass is 35.5. The fourth-order valence-electron chi connectivity index (χ4n) is 2.93. The van der Waals surface area contributed by atoms with Crippen LogP contribution >= 0.6 is 23.2 Å². The second-order valence-corrected chi connectivity index (χ2v) is 15.0. The van der Waals surface area contributed by atoms with Gasteiger partial charge in [-0.15, -0.1) is 0 Å². The van der Waals surface area contributed by atoms with Gasteiger partial charge in [0.2, 0.25) is 0 Å². The van der Waals surface area contributed by atoms with Gasteiger partial charge in [-0.05, 0) is 95.2 Å². The maximum atomic E-state index is 12.5. The van der Waals surface area contributed by atoms with Gasteiger partial charge in [-0.3, -0.25) is 20.2 Å². The first kappa shape index (κ1) is 46.1. The molecule has 0 spiro atoms. The van der Waals surface area contributed by atoms with E-state index in [4.69, 9.17) is 47.9 Å². The van der Waals surface area contributed by atoms with Crippen molar-refractivity contribution in [3.63, 3.8) is 0 Å². The molecule has 0 fully saturated rings. The Morgan fingerprint density at radius 2 is 0.941 bits per heavy atom. The van der Waals surface area contributed by atoms with Crippen molar-refractivity contribution in [3.8, 4) is 0 Å². The van der Waals surface area contributed by atoms with E-state index in [1.807, 2.05) is 0 Å². The van der Waals surface area contributed by atoms with Gasteiger partial charge in [0.1, 0.15) is 22.4 Å². The molecule has 51 heavy (non-hydrogen) atoms. The minimum absolute atomic E-state index is 0.0395. The molecule has 19 heteroatoms. The number of carbonyl (C=O) groups is 4. The number of nitro benzene ring substituents is 2. The molecule has 0 aliphatic heterocycles. The number of nitrogens with two attached hydrogens (primary N) is 1. The molecule has 284 valence electrons. The van der Waals surface area contributed by atoms with Crippen molar-refractivity contribution in [2.45, 2.75) is 105 Å². The summed E-state index contributed by atoms with van der Waals surface area (Å²) in [6.07, 6.45) is -4.22. The number of hydrogen-bond acceptors (Lipinski definition) is 14. The third-order valence-electron chi connectivity index (χ3n) is 4.67. The van der Waals surface area contributed by atoms with Crippen molar-refractivity contribution in [1.82, 2.24) is 0 Å². The molecular weight excluding hydrogens is 719 g/mol. The molecule has 2 aromatic rings. The van der Waals surface area contributed by atoms with Crippen molar-refractivity contribution < 1.29 is 52.7 Å². The number of ether oxygens (including phenoxy) is 5. The van der Waals surface area contributed by atoms with E-state index in [1.165, 1.54) is 24.3 Å². The van der Waals surface area contributed by atoms with E-state index >= 15 is 0 Å². The van der Waals surface area contributed by atoms with Gasteiger partial charge in [-0.25, -0.2) is 19.2 Å². The van der Waals surface area contributed by atoms with Gasteiger partial charge in [0.15, 0.2) is 0 Å². The van der Waals surface area contributed by atoms with Gasteiger partial charge in [-0.1, -0.05) is 23.2 Å². The van der Waals surface area contributed by atoms with Gasteiger partial charge < -0.3 is 29.4 Å². The van der Waals surface area contributed by atoms with E-state index in [0.29, 0.717) is 9.92 Å². The van der Waals surface area contributed by atoms with Crippen LogP contribution in [-0.2, 0) is 23.7 Å². The minimum atomic E-state index is -1.06. The second-order valence-electron chi connectivity index (χ2n) is 14.2. The summed E-state index contributed by atoms with van der Waals surface area (Å²) in [6, 6.07) is 7.32. The molecule has 17 nitrogen and oxygen atoms in total. The molecule has 2 amide bonds. The molecule has 0 heterocycles. The van der Waals surface area contributed by atoms with E-state index in [9.17, 15) is 39.4 Å². The number of hydrogen-bond donors (Lipinski definition) is 1. The van der Waals surface area contributed by atoms with Crippen LogP contribution in [0.5, 0.6) is 0 Å². The lowest BCUT2D eigenvalue weighted by Gasteiger charge is -2.28. The first-order chi connectivity index (χ1) is 22.8. The molecule has 2 rings (SSSR count). The number of nitrogen functional groups attached to an aromatic ring is 1. The molecule has 2 aromatic carbocycles. The van der Waals surface area contributed by atoms with Crippen LogP contribution in [0.15, 0.2) is 36.4 Å². The number of amides is 2. The Kier molecular flexibility index (Phi) is 16.6. The Morgan fingerprint density at radius 1 is 0.608 bits per heavy atom. The highest BCUT2D eigenvalue weighted by Crippen LogP contribution is 2.32. The smallest absolute Gasteiger partial charge is 0.443 e. The summed E-state index contributed by atoms with van der Waals surface area (Å²) in [7, 11) is 0. The van der Waals surface area contributed by atoms with Crippen LogP contribution in [0.1, 0.15) is 83.1 Å². The molecule has 0 bridgehead atoms. The fraction of sp³-hybridized carbons (Fsp3) is 0.500. The number of halogens is 2. The molecule has 0 aliphatic carbocycles. The summed E-state index contributed by atoms with van der Waals surface area (Å²) < 4.78 is 24.2. The van der Waals surface area contributed by atoms with Crippen molar-refractivity contribution in [2.24, 2.45) is 0 Å². The maximum Gasteiger partial charge on any atom is 0.519 e. The Bertz CT molecular complexity index is 1540. The lowest BCUT2D eigenvalue weighted by molar-refractivity contribution is -0.385. The number of non-ortho nitro benzene ring substituents is 2. The van der Waals surface area contributed by atoms with E-state index in [1.54, 1.807) is 83.1 Å². The highest BCUT2D eigenvalue weighted by molar-refractivity contribution is 6.35. The molecule has 0 unspecified atom stereocenters. The van der Waals surface area contributed by atoms with Crippen LogP contribution in [0.2, 0.25) is 10.0 Å². The van der Waals surface area contributed by atoms with E-state index < -0.39 is 56.7 Å². The number of anilines is 2. The fourth-order valence-corrected chi connectivity index (χ4v) is 3.25. The van der Waals surface area contributed by atoms with E-state index in [-0.39, 0.29) is 27.8 Å². The van der Waals surface area contributed by atoms with Crippen LogP contribution in [0, 0.1) is 20.2 Å². The highest BCUT2D eigenvalue weighted by Gasteiger charge is 2.35. The molecular formula is C32H44Cl2N4O13. The van der Waals surface area contributed by atoms with E-state index in [2.05, 4.69) is 4.74 Å². The maximum absolute atomic E-state index is 12.5. The SMILES string of the molecule is CC(C)(C)OC(=O)N(C(=O)OC(C)(C)C)c1cc([N+](=O)[O-])ccc1Cl.CC(C)(C)OC(=O)OC(=O)OC(C)(C)C.Nc1cc([N+](=O)[O-])ccc1Cl. The topological polar surface area (TPSA) is 230 Å². The number of benzene rings is 2. The van der Waals surface area contributed by atoms with Crippen molar-refractivity contribution >= 4 is 70.4 Å². The van der Waals surface area contributed by atoms with Crippen molar-refractivity contribution in [3.05, 3.63) is 66.7 Å². The molecule has 0 atom stereocenters. The zero-order valence-corrected chi connectivity index (χ0v) is 32.0. The number of nitrogens with zero attached hydrogens (tertiary/aromatic N) is 3. The van der Waals surface area contributed by atoms with Crippen molar-refractivity contribution in [1.29, 1.82) is 0 Å². The van der Waals surface area contributed by atoms with Gasteiger partial charge >= 0.3 is 24.5 Å². The molecule has 0 aliphatic rings. The summed E-state index contributed by atoms with van der Waals surface area (Å²) >= 11 is 11.6.